The van der Waals surface area contributed by atoms with Crippen LogP contribution in [0.1, 0.15) is 19.8 Å². The molecule has 0 bridgehead atoms. The van der Waals surface area contributed by atoms with Crippen LogP contribution in [0.4, 0.5) is 0 Å². The number of rotatable bonds is 4. The molecule has 1 aliphatic heterocycles. The highest BCUT2D eigenvalue weighted by Gasteiger charge is 2.21. The van der Waals surface area contributed by atoms with Crippen molar-refractivity contribution in [3.63, 3.8) is 0 Å². The zero-order valence-electron chi connectivity index (χ0n) is 8.62. The van der Waals surface area contributed by atoms with Crippen molar-refractivity contribution in [2.24, 2.45) is 0 Å². The minimum Gasteiger partial charge on any atom is -0.315 e. The number of hydrogen-bond acceptors (Lipinski definition) is 3. The molecule has 0 spiro atoms. The van der Waals surface area contributed by atoms with Gasteiger partial charge in [0.2, 0.25) is 0 Å². The Morgan fingerprint density at radius 3 is 2.86 bits per heavy atom. The summed E-state index contributed by atoms with van der Waals surface area (Å²) < 4.78 is 27.5. The zero-order chi connectivity index (χ0) is 10.4. The lowest BCUT2D eigenvalue weighted by Crippen LogP contribution is -2.42. The minimum absolute atomic E-state index is 0.520. The summed E-state index contributed by atoms with van der Waals surface area (Å²) in [4.78, 5) is 0. The van der Waals surface area contributed by atoms with Crippen molar-refractivity contribution in [3.8, 4) is 0 Å². The molecule has 1 saturated heterocycles. The van der Waals surface area contributed by atoms with Gasteiger partial charge < -0.3 is 5.32 Å². The molecule has 5 nitrogen and oxygen atoms in total. The van der Waals surface area contributed by atoms with Crippen LogP contribution in [0.2, 0.25) is 0 Å². The Bertz CT molecular complexity index is 245. The summed E-state index contributed by atoms with van der Waals surface area (Å²) >= 11 is 0. The highest BCUT2D eigenvalue weighted by molar-refractivity contribution is 7.87. The fraction of sp³-hybridized carbons (Fsp3) is 1.00. The van der Waals surface area contributed by atoms with Crippen LogP contribution in [0.25, 0.3) is 0 Å². The van der Waals surface area contributed by atoms with E-state index in [1.807, 2.05) is 6.92 Å². The van der Waals surface area contributed by atoms with E-state index in [2.05, 4.69) is 10.0 Å². The molecule has 0 atom stereocenters. The van der Waals surface area contributed by atoms with Gasteiger partial charge >= 0.3 is 0 Å². The van der Waals surface area contributed by atoms with Gasteiger partial charge in [0.15, 0.2) is 0 Å². The van der Waals surface area contributed by atoms with Gasteiger partial charge in [-0.3, -0.25) is 0 Å². The smallest absolute Gasteiger partial charge is 0.279 e. The van der Waals surface area contributed by atoms with E-state index in [0.717, 1.165) is 25.9 Å². The van der Waals surface area contributed by atoms with Gasteiger partial charge in [-0.2, -0.15) is 12.7 Å². The van der Waals surface area contributed by atoms with Gasteiger partial charge in [0.25, 0.3) is 10.2 Å². The molecule has 1 aliphatic rings. The Morgan fingerprint density at radius 1 is 1.36 bits per heavy atom. The summed E-state index contributed by atoms with van der Waals surface area (Å²) in [5.41, 5.74) is 0. The second-order valence-corrected chi connectivity index (χ2v) is 5.16. The third-order valence-electron chi connectivity index (χ3n) is 2.17. The van der Waals surface area contributed by atoms with Crippen molar-refractivity contribution in [3.05, 3.63) is 0 Å². The summed E-state index contributed by atoms with van der Waals surface area (Å²) in [6.07, 6.45) is 1.71. The van der Waals surface area contributed by atoms with Crippen molar-refractivity contribution in [1.82, 2.24) is 14.3 Å². The van der Waals surface area contributed by atoms with Gasteiger partial charge in [0.05, 0.1) is 0 Å². The number of nitrogens with one attached hydrogen (secondary N) is 2. The molecule has 0 aliphatic carbocycles. The van der Waals surface area contributed by atoms with E-state index in [9.17, 15) is 8.42 Å². The highest BCUT2D eigenvalue weighted by Crippen LogP contribution is 2.01. The molecule has 0 radical (unpaired) electrons. The first-order chi connectivity index (χ1) is 6.67. The molecule has 1 heterocycles. The van der Waals surface area contributed by atoms with Crippen molar-refractivity contribution in [2.75, 3.05) is 32.7 Å². The maximum atomic E-state index is 11.7. The Labute approximate surface area is 86.0 Å². The predicted octanol–water partition coefficient (Wildman–Crippen LogP) is -0.474. The maximum absolute atomic E-state index is 11.7. The second-order valence-electron chi connectivity index (χ2n) is 3.40. The maximum Gasteiger partial charge on any atom is 0.279 e. The SMILES string of the molecule is CCCNS(=O)(=O)N1CCCNCC1. The van der Waals surface area contributed by atoms with Gasteiger partial charge in [-0.1, -0.05) is 6.92 Å². The average molecular weight is 221 g/mol. The first kappa shape index (κ1) is 11.9. The molecule has 1 rings (SSSR count). The lowest BCUT2D eigenvalue weighted by atomic mass is 10.4. The molecule has 0 saturated carbocycles. The molecule has 0 aromatic rings. The molecular formula is C8H19N3O2S. The van der Waals surface area contributed by atoms with Gasteiger partial charge in [-0.05, 0) is 19.4 Å². The third-order valence-corrected chi connectivity index (χ3v) is 3.79. The Morgan fingerprint density at radius 2 is 2.14 bits per heavy atom. The quantitative estimate of drug-likeness (QED) is 0.674. The van der Waals surface area contributed by atoms with Crippen LogP contribution in [0.3, 0.4) is 0 Å². The molecule has 0 amide bonds. The van der Waals surface area contributed by atoms with E-state index < -0.39 is 10.2 Å². The molecule has 0 aromatic carbocycles. The molecule has 2 N–H and O–H groups in total. The van der Waals surface area contributed by atoms with Gasteiger partial charge in [-0.15, -0.1) is 0 Å². The summed E-state index contributed by atoms with van der Waals surface area (Å²) in [6, 6.07) is 0. The summed E-state index contributed by atoms with van der Waals surface area (Å²) in [5.74, 6) is 0. The monoisotopic (exact) mass is 221 g/mol. The van der Waals surface area contributed by atoms with Crippen LogP contribution < -0.4 is 10.0 Å². The molecule has 14 heavy (non-hydrogen) atoms. The first-order valence-corrected chi connectivity index (χ1v) is 6.56. The summed E-state index contributed by atoms with van der Waals surface area (Å²) in [5, 5.41) is 3.17. The Balaban J connectivity index is 2.51. The highest BCUT2D eigenvalue weighted by atomic mass is 32.2. The second kappa shape index (κ2) is 5.65. The normalized spacial score (nSPS) is 20.6. The van der Waals surface area contributed by atoms with Crippen LogP contribution in [0, 0.1) is 0 Å². The fourth-order valence-electron chi connectivity index (χ4n) is 1.38. The van der Waals surface area contributed by atoms with Crippen LogP contribution in [-0.4, -0.2) is 45.4 Å². The van der Waals surface area contributed by atoms with E-state index in [1.54, 1.807) is 0 Å². The molecule has 0 unspecified atom stereocenters. The Hall–Kier alpha value is -0.170. The number of hydrogen-bond donors (Lipinski definition) is 2. The predicted molar refractivity (Wildman–Crippen MR) is 56.3 cm³/mol. The van der Waals surface area contributed by atoms with E-state index in [-0.39, 0.29) is 0 Å². The average Bonchev–Trinajstić information content (AvgIpc) is 2.43. The van der Waals surface area contributed by atoms with Crippen molar-refractivity contribution in [1.29, 1.82) is 0 Å². The first-order valence-electron chi connectivity index (χ1n) is 5.12. The van der Waals surface area contributed by atoms with Crippen LogP contribution in [0.5, 0.6) is 0 Å². The molecular weight excluding hydrogens is 202 g/mol. The van der Waals surface area contributed by atoms with Crippen LogP contribution in [0.15, 0.2) is 0 Å². The van der Waals surface area contributed by atoms with E-state index in [0.29, 0.717) is 19.6 Å². The van der Waals surface area contributed by atoms with Crippen LogP contribution in [-0.2, 0) is 10.2 Å². The van der Waals surface area contributed by atoms with E-state index >= 15 is 0 Å². The summed E-state index contributed by atoms with van der Waals surface area (Å²) in [6.45, 7) is 5.30. The largest absolute Gasteiger partial charge is 0.315 e. The standard InChI is InChI=1S/C8H19N3O2S/c1-2-4-10-14(12,13)11-7-3-5-9-6-8-11/h9-10H,2-8H2,1H3. The lowest BCUT2D eigenvalue weighted by Gasteiger charge is -2.19. The van der Waals surface area contributed by atoms with Gasteiger partial charge in [0, 0.05) is 26.2 Å². The summed E-state index contributed by atoms with van der Waals surface area (Å²) in [7, 11) is -3.23. The fourth-order valence-corrected chi connectivity index (χ4v) is 2.73. The van der Waals surface area contributed by atoms with Crippen molar-refractivity contribution < 1.29 is 8.42 Å². The van der Waals surface area contributed by atoms with Gasteiger partial charge in [0.1, 0.15) is 0 Å². The van der Waals surface area contributed by atoms with Crippen molar-refractivity contribution in [2.45, 2.75) is 19.8 Å². The van der Waals surface area contributed by atoms with Crippen LogP contribution >= 0.6 is 0 Å². The van der Waals surface area contributed by atoms with Crippen molar-refractivity contribution >= 4 is 10.2 Å². The Kier molecular flexibility index (Phi) is 4.80. The minimum atomic E-state index is -3.23. The van der Waals surface area contributed by atoms with Gasteiger partial charge in [-0.25, -0.2) is 4.72 Å². The topological polar surface area (TPSA) is 61.4 Å². The third kappa shape index (κ3) is 3.53. The molecule has 1 fully saturated rings. The van der Waals surface area contributed by atoms with E-state index in [1.165, 1.54) is 4.31 Å². The molecule has 6 heteroatoms. The lowest BCUT2D eigenvalue weighted by molar-refractivity contribution is 0.422. The molecule has 0 aromatic heterocycles. The zero-order valence-corrected chi connectivity index (χ0v) is 9.44. The van der Waals surface area contributed by atoms with E-state index in [4.69, 9.17) is 0 Å². The number of nitrogens with zero attached hydrogens (tertiary/aromatic N) is 1. The molecule has 84 valence electrons.